The van der Waals surface area contributed by atoms with Gasteiger partial charge in [0.15, 0.2) is 0 Å². The lowest BCUT2D eigenvalue weighted by molar-refractivity contribution is -0.102. The molecule has 1 nitrogen and oxygen atoms in total. The Kier molecular flexibility index (Phi) is 3.30. The zero-order chi connectivity index (χ0) is 11.0. The summed E-state index contributed by atoms with van der Waals surface area (Å²) in [4.78, 5) is 0. The Morgan fingerprint density at radius 3 is 1.71 bits per heavy atom. The summed E-state index contributed by atoms with van der Waals surface area (Å²) >= 11 is 0. The fourth-order valence-corrected chi connectivity index (χ4v) is 2.43. The molecule has 0 aromatic heterocycles. The van der Waals surface area contributed by atoms with Gasteiger partial charge >= 0.3 is 0 Å². The molecule has 1 rings (SSSR count). The molecule has 1 unspecified atom stereocenters. The normalized spacial score (nSPS) is 33.9. The molecule has 1 heteroatoms. The van der Waals surface area contributed by atoms with Gasteiger partial charge in [0, 0.05) is 0 Å². The van der Waals surface area contributed by atoms with Crippen LogP contribution in [0.2, 0.25) is 0 Å². The van der Waals surface area contributed by atoms with E-state index in [0.717, 1.165) is 5.92 Å². The van der Waals surface area contributed by atoms with E-state index >= 15 is 0 Å². The predicted octanol–water partition coefficient (Wildman–Crippen LogP) is 3.61. The second-order valence-electron chi connectivity index (χ2n) is 6.35. The highest BCUT2D eigenvalue weighted by Gasteiger charge is 2.42. The van der Waals surface area contributed by atoms with E-state index in [0.29, 0.717) is 5.92 Å². The standard InChI is InChI=1S/C13H26O/c1-10-6-8-11(9-7-10)13(5,14)12(2,3)4/h10-11,14H,6-9H2,1-5H3. The first-order valence-corrected chi connectivity index (χ1v) is 5.97. The minimum atomic E-state index is -0.507. The smallest absolute Gasteiger partial charge is 0.0695 e. The van der Waals surface area contributed by atoms with E-state index in [1.807, 2.05) is 6.92 Å². The molecule has 0 heterocycles. The lowest BCUT2D eigenvalue weighted by Crippen LogP contribution is -2.47. The summed E-state index contributed by atoms with van der Waals surface area (Å²) in [5.74, 6) is 1.36. The van der Waals surface area contributed by atoms with Crippen molar-refractivity contribution in [3.05, 3.63) is 0 Å². The first-order chi connectivity index (χ1) is 6.25. The summed E-state index contributed by atoms with van der Waals surface area (Å²) in [6.07, 6.45) is 4.98. The molecular formula is C13H26O. The van der Waals surface area contributed by atoms with Gasteiger partial charge in [-0.3, -0.25) is 0 Å². The van der Waals surface area contributed by atoms with Gasteiger partial charge in [-0.15, -0.1) is 0 Å². The van der Waals surface area contributed by atoms with Crippen LogP contribution >= 0.6 is 0 Å². The zero-order valence-corrected chi connectivity index (χ0v) is 10.4. The van der Waals surface area contributed by atoms with Crippen LogP contribution in [0, 0.1) is 17.3 Å². The second kappa shape index (κ2) is 3.84. The molecule has 84 valence electrons. The maximum absolute atomic E-state index is 10.6. The molecule has 0 spiro atoms. The van der Waals surface area contributed by atoms with Crippen LogP contribution in [-0.4, -0.2) is 10.7 Å². The molecule has 14 heavy (non-hydrogen) atoms. The van der Waals surface area contributed by atoms with Gasteiger partial charge in [0.25, 0.3) is 0 Å². The monoisotopic (exact) mass is 198 g/mol. The van der Waals surface area contributed by atoms with Crippen LogP contribution in [0.1, 0.15) is 60.3 Å². The third-order valence-corrected chi connectivity index (χ3v) is 4.33. The Bertz CT molecular complexity index is 180. The highest BCUT2D eigenvalue weighted by molar-refractivity contribution is 4.93. The number of rotatable bonds is 1. The summed E-state index contributed by atoms with van der Waals surface area (Å²) in [5.41, 5.74) is -0.509. The quantitative estimate of drug-likeness (QED) is 0.682. The van der Waals surface area contributed by atoms with Crippen molar-refractivity contribution in [2.24, 2.45) is 17.3 Å². The molecule has 0 radical (unpaired) electrons. The minimum absolute atomic E-state index is 0.00174. The summed E-state index contributed by atoms with van der Waals surface area (Å²) in [5, 5.41) is 10.6. The van der Waals surface area contributed by atoms with E-state index in [9.17, 15) is 5.11 Å². The first-order valence-electron chi connectivity index (χ1n) is 5.97. The van der Waals surface area contributed by atoms with E-state index in [1.165, 1.54) is 25.7 Å². The van der Waals surface area contributed by atoms with Crippen LogP contribution in [0.4, 0.5) is 0 Å². The third kappa shape index (κ3) is 2.31. The fraction of sp³-hybridized carbons (Fsp3) is 1.00. The third-order valence-electron chi connectivity index (χ3n) is 4.33. The van der Waals surface area contributed by atoms with Crippen LogP contribution in [0.25, 0.3) is 0 Å². The van der Waals surface area contributed by atoms with E-state index in [2.05, 4.69) is 27.7 Å². The molecule has 0 saturated heterocycles. The molecule has 1 saturated carbocycles. The van der Waals surface area contributed by atoms with Crippen LogP contribution in [0.15, 0.2) is 0 Å². The first kappa shape index (κ1) is 12.0. The Morgan fingerprint density at radius 1 is 0.929 bits per heavy atom. The lowest BCUT2D eigenvalue weighted by atomic mass is 9.64. The number of aliphatic hydroxyl groups is 1. The molecule has 1 N–H and O–H groups in total. The minimum Gasteiger partial charge on any atom is -0.389 e. The van der Waals surface area contributed by atoms with E-state index in [4.69, 9.17) is 0 Å². The van der Waals surface area contributed by atoms with E-state index < -0.39 is 5.60 Å². The van der Waals surface area contributed by atoms with Crippen molar-refractivity contribution < 1.29 is 5.11 Å². The number of hydrogen-bond donors (Lipinski definition) is 1. The fourth-order valence-electron chi connectivity index (χ4n) is 2.43. The van der Waals surface area contributed by atoms with Crippen molar-refractivity contribution >= 4 is 0 Å². The van der Waals surface area contributed by atoms with Gasteiger partial charge in [0.05, 0.1) is 5.60 Å². The summed E-state index contributed by atoms with van der Waals surface area (Å²) < 4.78 is 0. The molecule has 0 bridgehead atoms. The summed E-state index contributed by atoms with van der Waals surface area (Å²) in [6.45, 7) is 10.8. The molecule has 0 aromatic rings. The van der Waals surface area contributed by atoms with Crippen LogP contribution in [-0.2, 0) is 0 Å². The van der Waals surface area contributed by atoms with Crippen molar-refractivity contribution in [1.82, 2.24) is 0 Å². The second-order valence-corrected chi connectivity index (χ2v) is 6.35. The van der Waals surface area contributed by atoms with Gasteiger partial charge < -0.3 is 5.11 Å². The van der Waals surface area contributed by atoms with Crippen molar-refractivity contribution in [2.75, 3.05) is 0 Å². The molecular weight excluding hydrogens is 172 g/mol. The molecule has 0 aromatic carbocycles. The Balaban J connectivity index is 2.65. The Morgan fingerprint density at radius 2 is 1.36 bits per heavy atom. The van der Waals surface area contributed by atoms with Crippen molar-refractivity contribution in [3.8, 4) is 0 Å². The maximum Gasteiger partial charge on any atom is 0.0695 e. The molecule has 1 aliphatic rings. The molecule has 0 amide bonds. The van der Waals surface area contributed by atoms with E-state index in [1.54, 1.807) is 0 Å². The van der Waals surface area contributed by atoms with Gasteiger partial charge in [-0.2, -0.15) is 0 Å². The van der Waals surface area contributed by atoms with E-state index in [-0.39, 0.29) is 5.41 Å². The van der Waals surface area contributed by atoms with Gasteiger partial charge in [-0.05, 0) is 37.0 Å². The predicted molar refractivity (Wildman–Crippen MR) is 61.2 cm³/mol. The van der Waals surface area contributed by atoms with Crippen LogP contribution < -0.4 is 0 Å². The zero-order valence-electron chi connectivity index (χ0n) is 10.4. The van der Waals surface area contributed by atoms with Gasteiger partial charge in [0.1, 0.15) is 0 Å². The van der Waals surface area contributed by atoms with Crippen molar-refractivity contribution in [2.45, 2.75) is 65.9 Å². The Hall–Kier alpha value is -0.0400. The topological polar surface area (TPSA) is 20.2 Å². The number of hydrogen-bond acceptors (Lipinski definition) is 1. The van der Waals surface area contributed by atoms with Crippen LogP contribution in [0.5, 0.6) is 0 Å². The van der Waals surface area contributed by atoms with Gasteiger partial charge in [-0.1, -0.05) is 40.5 Å². The maximum atomic E-state index is 10.6. The van der Waals surface area contributed by atoms with Crippen molar-refractivity contribution in [3.63, 3.8) is 0 Å². The van der Waals surface area contributed by atoms with Crippen LogP contribution in [0.3, 0.4) is 0 Å². The van der Waals surface area contributed by atoms with Crippen molar-refractivity contribution in [1.29, 1.82) is 0 Å². The molecule has 0 aliphatic heterocycles. The lowest BCUT2D eigenvalue weighted by Gasteiger charge is -2.45. The summed E-state index contributed by atoms with van der Waals surface area (Å²) in [6, 6.07) is 0. The van der Waals surface area contributed by atoms with Gasteiger partial charge in [0.2, 0.25) is 0 Å². The molecule has 1 aliphatic carbocycles. The average Bonchev–Trinajstić information content (AvgIpc) is 2.03. The largest absolute Gasteiger partial charge is 0.389 e. The average molecular weight is 198 g/mol. The highest BCUT2D eigenvalue weighted by atomic mass is 16.3. The highest BCUT2D eigenvalue weighted by Crippen LogP contribution is 2.43. The summed E-state index contributed by atoms with van der Waals surface area (Å²) in [7, 11) is 0. The Labute approximate surface area is 88.9 Å². The van der Waals surface area contributed by atoms with Gasteiger partial charge in [-0.25, -0.2) is 0 Å². The molecule has 1 fully saturated rings. The molecule has 1 atom stereocenters. The SMILES string of the molecule is CC1CCC(C(C)(O)C(C)(C)C)CC1.